The molecule has 0 bridgehead atoms. The molecular formula is C40H28S. The number of allylic oxidation sites excluding steroid dienone is 1. The van der Waals surface area contributed by atoms with Gasteiger partial charge in [0.2, 0.25) is 0 Å². The molecular weight excluding hydrogens is 513 g/mol. The van der Waals surface area contributed by atoms with Crippen molar-refractivity contribution in [3.63, 3.8) is 0 Å². The second kappa shape index (κ2) is 8.28. The van der Waals surface area contributed by atoms with Crippen molar-refractivity contribution in [2.75, 3.05) is 0 Å². The van der Waals surface area contributed by atoms with Gasteiger partial charge in [0, 0.05) is 31.2 Å². The molecule has 0 saturated heterocycles. The molecule has 0 aliphatic heterocycles. The molecule has 0 nitrogen and oxygen atoms in total. The van der Waals surface area contributed by atoms with Crippen molar-refractivity contribution in [3.05, 3.63) is 143 Å². The Balaban J connectivity index is 1.36. The van der Waals surface area contributed by atoms with Crippen LogP contribution in [-0.4, -0.2) is 0 Å². The van der Waals surface area contributed by atoms with E-state index in [1.165, 1.54) is 86.6 Å². The van der Waals surface area contributed by atoms with Gasteiger partial charge < -0.3 is 0 Å². The summed E-state index contributed by atoms with van der Waals surface area (Å²) < 4.78 is 2.76. The summed E-state index contributed by atoms with van der Waals surface area (Å²) in [5.41, 5.74) is 13.8. The summed E-state index contributed by atoms with van der Waals surface area (Å²) in [5.74, 6) is 0. The third kappa shape index (κ3) is 3.21. The molecule has 9 rings (SSSR count). The normalized spacial score (nSPS) is 14.8. The zero-order valence-electron chi connectivity index (χ0n) is 23.2. The number of thiophene rings is 1. The minimum Gasteiger partial charge on any atom is -0.135 e. The van der Waals surface area contributed by atoms with Crippen LogP contribution in [0.5, 0.6) is 0 Å². The van der Waals surface area contributed by atoms with Crippen LogP contribution in [0, 0.1) is 0 Å². The SMILES string of the molecule is CC1(C)c2ccccc2-c2c1ccc1sc3c4c(ccc3c21)-c1ccccc1CC(c1ccc2ccccc2c1)=C4. The Labute approximate surface area is 244 Å². The molecule has 6 aromatic carbocycles. The predicted molar refractivity (Wildman–Crippen MR) is 178 cm³/mol. The maximum atomic E-state index is 2.50. The number of hydrogen-bond donors (Lipinski definition) is 0. The Morgan fingerprint density at radius 2 is 1.41 bits per heavy atom. The Bertz CT molecular complexity index is 2260. The molecule has 0 fully saturated rings. The molecule has 0 radical (unpaired) electrons. The van der Waals surface area contributed by atoms with Gasteiger partial charge in [-0.05, 0) is 85.5 Å². The summed E-state index contributed by atoms with van der Waals surface area (Å²) >= 11 is 1.96. The van der Waals surface area contributed by atoms with E-state index in [9.17, 15) is 0 Å². The molecule has 2 aliphatic rings. The van der Waals surface area contributed by atoms with E-state index in [2.05, 4.69) is 135 Å². The first-order valence-corrected chi connectivity index (χ1v) is 15.3. The lowest BCUT2D eigenvalue weighted by Crippen LogP contribution is -2.14. The molecule has 2 aliphatic carbocycles. The molecule has 1 heterocycles. The molecule has 0 amide bonds. The van der Waals surface area contributed by atoms with E-state index in [1.54, 1.807) is 0 Å². The van der Waals surface area contributed by atoms with Crippen molar-refractivity contribution in [1.82, 2.24) is 0 Å². The standard InChI is InChI=1S/C40H28S/c1-40(2)34-14-8-7-13-31(34)37-35(40)19-20-36-38(37)32-18-17-30-29-12-6-5-11-27(29)22-28(23-33(30)39(32)41-36)26-16-15-24-9-3-4-10-25(24)21-26/h3-21,23H,22H2,1-2H3. The largest absolute Gasteiger partial charge is 0.135 e. The quantitative estimate of drug-likeness (QED) is 0.194. The van der Waals surface area contributed by atoms with Crippen LogP contribution in [-0.2, 0) is 11.8 Å². The van der Waals surface area contributed by atoms with Crippen LogP contribution < -0.4 is 0 Å². The van der Waals surface area contributed by atoms with Crippen LogP contribution in [0.1, 0.15) is 41.7 Å². The van der Waals surface area contributed by atoms with Crippen molar-refractivity contribution in [2.24, 2.45) is 0 Å². The number of benzene rings is 6. The molecule has 0 atom stereocenters. The van der Waals surface area contributed by atoms with Crippen LogP contribution in [0.3, 0.4) is 0 Å². The topological polar surface area (TPSA) is 0 Å². The van der Waals surface area contributed by atoms with Gasteiger partial charge in [-0.3, -0.25) is 0 Å². The summed E-state index contributed by atoms with van der Waals surface area (Å²) in [4.78, 5) is 0. The van der Waals surface area contributed by atoms with Crippen molar-refractivity contribution >= 4 is 53.9 Å². The lowest BCUT2D eigenvalue weighted by molar-refractivity contribution is 0.661. The van der Waals surface area contributed by atoms with Crippen LogP contribution in [0.25, 0.3) is 64.8 Å². The first-order valence-electron chi connectivity index (χ1n) is 14.5. The van der Waals surface area contributed by atoms with Gasteiger partial charge in [-0.25, -0.2) is 0 Å². The highest BCUT2D eigenvalue weighted by atomic mass is 32.1. The molecule has 0 spiro atoms. The fraction of sp³-hybridized carbons (Fsp3) is 0.100. The molecule has 0 saturated carbocycles. The van der Waals surface area contributed by atoms with E-state index in [-0.39, 0.29) is 5.41 Å². The second-order valence-electron chi connectivity index (χ2n) is 12.1. The fourth-order valence-electron chi connectivity index (χ4n) is 7.46. The Morgan fingerprint density at radius 3 is 2.32 bits per heavy atom. The molecule has 0 N–H and O–H groups in total. The minimum atomic E-state index is 0.00214. The third-order valence-corrected chi connectivity index (χ3v) is 10.7. The first-order chi connectivity index (χ1) is 20.1. The summed E-state index contributed by atoms with van der Waals surface area (Å²) in [6.07, 6.45) is 3.42. The zero-order valence-corrected chi connectivity index (χ0v) is 24.0. The van der Waals surface area contributed by atoms with E-state index in [0.717, 1.165) is 6.42 Å². The molecule has 1 aromatic heterocycles. The smallest absolute Gasteiger partial charge is 0.0434 e. The average molecular weight is 541 g/mol. The van der Waals surface area contributed by atoms with Gasteiger partial charge in [-0.2, -0.15) is 0 Å². The first kappa shape index (κ1) is 23.3. The van der Waals surface area contributed by atoms with Crippen molar-refractivity contribution in [1.29, 1.82) is 0 Å². The minimum absolute atomic E-state index is 0.00214. The van der Waals surface area contributed by atoms with E-state index in [4.69, 9.17) is 0 Å². The Hall–Kier alpha value is -4.46. The summed E-state index contributed by atoms with van der Waals surface area (Å²) in [5, 5.41) is 5.37. The van der Waals surface area contributed by atoms with Gasteiger partial charge in [0.25, 0.3) is 0 Å². The van der Waals surface area contributed by atoms with E-state index < -0.39 is 0 Å². The van der Waals surface area contributed by atoms with Crippen molar-refractivity contribution < 1.29 is 0 Å². The number of rotatable bonds is 1. The summed E-state index contributed by atoms with van der Waals surface area (Å²) in [6, 6.07) is 43.2. The van der Waals surface area contributed by atoms with Crippen molar-refractivity contribution in [2.45, 2.75) is 25.7 Å². The molecule has 1 heteroatoms. The zero-order chi connectivity index (χ0) is 27.3. The lowest BCUT2D eigenvalue weighted by Gasteiger charge is -2.21. The van der Waals surface area contributed by atoms with E-state index in [0.29, 0.717) is 0 Å². The number of fused-ring (bicyclic) bond motifs is 12. The molecule has 7 aromatic rings. The van der Waals surface area contributed by atoms with Gasteiger partial charge in [-0.15, -0.1) is 11.3 Å². The van der Waals surface area contributed by atoms with E-state index in [1.807, 2.05) is 11.3 Å². The highest BCUT2D eigenvalue weighted by Crippen LogP contribution is 2.55. The summed E-state index contributed by atoms with van der Waals surface area (Å²) in [6.45, 7) is 4.75. The average Bonchev–Trinajstić information content (AvgIpc) is 3.43. The Kier molecular flexibility index (Phi) is 4.70. The lowest BCUT2D eigenvalue weighted by atomic mass is 9.82. The monoisotopic (exact) mass is 540 g/mol. The third-order valence-electron chi connectivity index (χ3n) is 9.51. The van der Waals surface area contributed by atoms with Gasteiger partial charge in [0.15, 0.2) is 0 Å². The van der Waals surface area contributed by atoms with Crippen LogP contribution in [0.4, 0.5) is 0 Å². The van der Waals surface area contributed by atoms with Crippen LogP contribution >= 0.6 is 11.3 Å². The Morgan fingerprint density at radius 1 is 0.634 bits per heavy atom. The van der Waals surface area contributed by atoms with Crippen molar-refractivity contribution in [3.8, 4) is 22.3 Å². The van der Waals surface area contributed by atoms with Crippen LogP contribution in [0.15, 0.2) is 115 Å². The van der Waals surface area contributed by atoms with Gasteiger partial charge >= 0.3 is 0 Å². The predicted octanol–water partition coefficient (Wildman–Crippen LogP) is 11.3. The molecule has 194 valence electrons. The van der Waals surface area contributed by atoms with Gasteiger partial charge in [-0.1, -0.05) is 117 Å². The van der Waals surface area contributed by atoms with Crippen LogP contribution in [0.2, 0.25) is 0 Å². The second-order valence-corrected chi connectivity index (χ2v) is 13.2. The summed E-state index contributed by atoms with van der Waals surface area (Å²) in [7, 11) is 0. The van der Waals surface area contributed by atoms with Gasteiger partial charge in [0.05, 0.1) is 0 Å². The highest BCUT2D eigenvalue weighted by molar-refractivity contribution is 7.26. The maximum Gasteiger partial charge on any atom is 0.0434 e. The van der Waals surface area contributed by atoms with E-state index >= 15 is 0 Å². The highest BCUT2D eigenvalue weighted by Gasteiger charge is 2.37. The molecule has 41 heavy (non-hydrogen) atoms. The fourth-order valence-corrected chi connectivity index (χ4v) is 8.69. The molecule has 0 unspecified atom stereocenters. The number of hydrogen-bond acceptors (Lipinski definition) is 1. The maximum absolute atomic E-state index is 2.50. The van der Waals surface area contributed by atoms with Gasteiger partial charge in [0.1, 0.15) is 0 Å².